The van der Waals surface area contributed by atoms with Crippen molar-refractivity contribution in [1.29, 1.82) is 0 Å². The fourth-order valence-electron chi connectivity index (χ4n) is 2.99. The van der Waals surface area contributed by atoms with Gasteiger partial charge in [-0.1, -0.05) is 73.8 Å². The summed E-state index contributed by atoms with van der Waals surface area (Å²) in [6, 6.07) is 21.0. The van der Waals surface area contributed by atoms with Crippen molar-refractivity contribution in [2.24, 2.45) is 0 Å². The summed E-state index contributed by atoms with van der Waals surface area (Å²) in [7, 11) is 0. The number of benzene rings is 2. The van der Waals surface area contributed by atoms with E-state index in [0.29, 0.717) is 0 Å². The molecule has 2 aromatic rings. The fourth-order valence-corrected chi connectivity index (χ4v) is 2.99. The molecule has 0 bridgehead atoms. The summed E-state index contributed by atoms with van der Waals surface area (Å²) >= 11 is 0. The van der Waals surface area contributed by atoms with Crippen molar-refractivity contribution < 1.29 is 4.74 Å². The molecule has 1 aliphatic rings. The third-order valence-electron chi connectivity index (χ3n) is 4.24. The smallest absolute Gasteiger partial charge is 0.0866 e. The largest absolute Gasteiger partial charge is 0.369 e. The van der Waals surface area contributed by atoms with Crippen LogP contribution in [-0.4, -0.2) is 12.2 Å². The standard InChI is InChI=1S/C21H22O/c1-16-13-20(14-18-9-5-3-6-10-18)22-21(17(16)2)15-19-11-7-4-8-12-19/h3-12,20-21H,1-2,13-15H2/t20-,21-/m0/s1. The molecule has 0 radical (unpaired) electrons. The van der Waals surface area contributed by atoms with E-state index in [1.54, 1.807) is 0 Å². The highest BCUT2D eigenvalue weighted by atomic mass is 16.5. The Balaban J connectivity index is 1.70. The van der Waals surface area contributed by atoms with Gasteiger partial charge < -0.3 is 4.74 Å². The molecule has 1 saturated heterocycles. The second kappa shape index (κ2) is 6.76. The van der Waals surface area contributed by atoms with Crippen molar-refractivity contribution in [3.05, 3.63) is 96.1 Å². The quantitative estimate of drug-likeness (QED) is 0.790. The van der Waals surface area contributed by atoms with Gasteiger partial charge in [0.15, 0.2) is 0 Å². The van der Waals surface area contributed by atoms with Crippen LogP contribution in [-0.2, 0) is 17.6 Å². The Morgan fingerprint density at radius 3 is 1.95 bits per heavy atom. The van der Waals surface area contributed by atoms with Crippen molar-refractivity contribution in [2.75, 3.05) is 0 Å². The number of rotatable bonds is 4. The fraction of sp³-hybridized carbons (Fsp3) is 0.238. The van der Waals surface area contributed by atoms with E-state index >= 15 is 0 Å². The molecule has 112 valence electrons. The molecule has 2 atom stereocenters. The maximum atomic E-state index is 6.32. The van der Waals surface area contributed by atoms with Gasteiger partial charge in [0, 0.05) is 6.42 Å². The molecule has 3 rings (SSSR count). The third kappa shape index (κ3) is 3.55. The Morgan fingerprint density at radius 1 is 0.818 bits per heavy atom. The van der Waals surface area contributed by atoms with Gasteiger partial charge in [-0.25, -0.2) is 0 Å². The van der Waals surface area contributed by atoms with Gasteiger partial charge in [0.2, 0.25) is 0 Å². The lowest BCUT2D eigenvalue weighted by molar-refractivity contribution is -0.00378. The maximum Gasteiger partial charge on any atom is 0.0866 e. The Morgan fingerprint density at radius 2 is 1.36 bits per heavy atom. The number of hydrogen-bond acceptors (Lipinski definition) is 1. The van der Waals surface area contributed by atoms with Crippen LogP contribution in [0.3, 0.4) is 0 Å². The molecule has 1 fully saturated rings. The summed E-state index contributed by atoms with van der Waals surface area (Å²) in [6.07, 6.45) is 2.90. The van der Waals surface area contributed by atoms with Crippen LogP contribution in [0, 0.1) is 0 Å². The second-order valence-corrected chi connectivity index (χ2v) is 5.96. The molecule has 0 N–H and O–H groups in total. The van der Waals surface area contributed by atoms with Crippen LogP contribution in [0.5, 0.6) is 0 Å². The van der Waals surface area contributed by atoms with Crippen LogP contribution >= 0.6 is 0 Å². The molecule has 22 heavy (non-hydrogen) atoms. The average Bonchev–Trinajstić information content (AvgIpc) is 2.54. The molecule has 0 amide bonds. The summed E-state index contributed by atoms with van der Waals surface area (Å²) in [4.78, 5) is 0. The molecule has 1 nitrogen and oxygen atoms in total. The van der Waals surface area contributed by atoms with Gasteiger partial charge in [0.1, 0.15) is 0 Å². The number of ether oxygens (including phenoxy) is 1. The Labute approximate surface area is 133 Å². The minimum absolute atomic E-state index is 0.0392. The van der Waals surface area contributed by atoms with Gasteiger partial charge in [-0.05, 0) is 35.1 Å². The van der Waals surface area contributed by atoms with Crippen molar-refractivity contribution in [3.63, 3.8) is 0 Å². The van der Waals surface area contributed by atoms with Crippen molar-refractivity contribution in [2.45, 2.75) is 31.5 Å². The van der Waals surface area contributed by atoms with Crippen molar-refractivity contribution in [1.82, 2.24) is 0 Å². The van der Waals surface area contributed by atoms with E-state index in [4.69, 9.17) is 4.74 Å². The van der Waals surface area contributed by atoms with E-state index in [2.05, 4.69) is 61.7 Å². The van der Waals surface area contributed by atoms with Crippen LogP contribution in [0.2, 0.25) is 0 Å². The lowest BCUT2D eigenvalue weighted by Gasteiger charge is -2.33. The first kappa shape index (κ1) is 14.8. The first-order chi connectivity index (χ1) is 10.7. The summed E-state index contributed by atoms with van der Waals surface area (Å²) in [5.41, 5.74) is 4.77. The van der Waals surface area contributed by atoms with Crippen LogP contribution in [0.1, 0.15) is 17.5 Å². The highest BCUT2D eigenvalue weighted by molar-refractivity contribution is 5.34. The maximum absolute atomic E-state index is 6.32. The minimum atomic E-state index is 0.0392. The van der Waals surface area contributed by atoms with Crippen molar-refractivity contribution in [3.8, 4) is 0 Å². The molecule has 1 heterocycles. The molecule has 0 aromatic heterocycles. The Bertz CT molecular complexity index is 642. The Hall–Kier alpha value is -2.12. The monoisotopic (exact) mass is 290 g/mol. The van der Waals surface area contributed by atoms with E-state index in [-0.39, 0.29) is 12.2 Å². The van der Waals surface area contributed by atoms with Crippen LogP contribution < -0.4 is 0 Å². The zero-order chi connectivity index (χ0) is 15.4. The number of hydrogen-bond donors (Lipinski definition) is 0. The lowest BCUT2D eigenvalue weighted by Crippen LogP contribution is -2.33. The molecule has 1 aliphatic heterocycles. The van der Waals surface area contributed by atoms with Gasteiger partial charge in [0.05, 0.1) is 12.2 Å². The Kier molecular flexibility index (Phi) is 4.55. The van der Waals surface area contributed by atoms with Gasteiger partial charge >= 0.3 is 0 Å². The summed E-state index contributed by atoms with van der Waals surface area (Å²) < 4.78 is 6.32. The van der Waals surface area contributed by atoms with Crippen molar-refractivity contribution >= 4 is 0 Å². The molecule has 0 spiro atoms. The second-order valence-electron chi connectivity index (χ2n) is 5.96. The molecule has 2 aromatic carbocycles. The van der Waals surface area contributed by atoms with E-state index in [1.807, 2.05) is 12.1 Å². The third-order valence-corrected chi connectivity index (χ3v) is 4.24. The summed E-state index contributed by atoms with van der Waals surface area (Å²) in [5, 5.41) is 0. The topological polar surface area (TPSA) is 9.23 Å². The van der Waals surface area contributed by atoms with Gasteiger partial charge in [-0.2, -0.15) is 0 Å². The van der Waals surface area contributed by atoms with E-state index < -0.39 is 0 Å². The molecule has 1 heteroatoms. The van der Waals surface area contributed by atoms with E-state index in [0.717, 1.165) is 30.4 Å². The summed E-state index contributed by atoms with van der Waals surface area (Å²) in [5.74, 6) is 0. The van der Waals surface area contributed by atoms with Crippen LogP contribution in [0.4, 0.5) is 0 Å². The van der Waals surface area contributed by atoms with Gasteiger partial charge in [-0.3, -0.25) is 0 Å². The van der Waals surface area contributed by atoms with E-state index in [1.165, 1.54) is 11.1 Å². The highest BCUT2D eigenvalue weighted by Crippen LogP contribution is 2.30. The average molecular weight is 290 g/mol. The SMILES string of the molecule is C=C1C[C@@H](Cc2ccccc2)O[C@@H](Cc2ccccc2)C1=C. The van der Waals surface area contributed by atoms with Gasteiger partial charge in [-0.15, -0.1) is 0 Å². The first-order valence-electron chi connectivity index (χ1n) is 7.82. The van der Waals surface area contributed by atoms with Crippen LogP contribution in [0.15, 0.2) is 85.0 Å². The van der Waals surface area contributed by atoms with Crippen LogP contribution in [0.25, 0.3) is 0 Å². The minimum Gasteiger partial charge on any atom is -0.369 e. The zero-order valence-electron chi connectivity index (χ0n) is 12.9. The predicted octanol–water partition coefficient (Wildman–Crippen LogP) is 4.74. The molecule has 0 saturated carbocycles. The van der Waals surface area contributed by atoms with Gasteiger partial charge in [0.25, 0.3) is 0 Å². The molecule has 0 aliphatic carbocycles. The molecular weight excluding hydrogens is 268 g/mol. The summed E-state index contributed by atoms with van der Waals surface area (Å²) in [6.45, 7) is 8.39. The molecular formula is C21H22O. The lowest BCUT2D eigenvalue weighted by atomic mass is 9.89. The first-order valence-corrected chi connectivity index (χ1v) is 7.82. The predicted molar refractivity (Wildman–Crippen MR) is 91.9 cm³/mol. The highest BCUT2D eigenvalue weighted by Gasteiger charge is 2.28. The normalized spacial score (nSPS) is 21.8. The molecule has 0 unspecified atom stereocenters. The zero-order valence-corrected chi connectivity index (χ0v) is 12.9. The van der Waals surface area contributed by atoms with E-state index in [9.17, 15) is 0 Å².